The maximum Gasteiger partial charge on any atom is 0.142 e. The highest BCUT2D eigenvalue weighted by Crippen LogP contribution is 2.39. The van der Waals surface area contributed by atoms with Gasteiger partial charge in [-0.25, -0.2) is 4.98 Å². The lowest BCUT2D eigenvalue weighted by molar-refractivity contribution is 1.03. The van der Waals surface area contributed by atoms with Gasteiger partial charge < -0.3 is 0 Å². The average Bonchev–Trinajstić information content (AvgIpc) is 2.94. The lowest BCUT2D eigenvalue weighted by atomic mass is 10.2. The second-order valence-corrected chi connectivity index (χ2v) is 4.33. The zero-order valence-corrected chi connectivity index (χ0v) is 8.42. The minimum absolute atomic E-state index is 0.707. The molecule has 0 aromatic carbocycles. The van der Waals surface area contributed by atoms with Gasteiger partial charge >= 0.3 is 0 Å². The molecule has 2 nitrogen and oxygen atoms in total. The highest BCUT2D eigenvalue weighted by Gasteiger charge is 2.25. The third-order valence-corrected chi connectivity index (χ3v) is 3.11. The molecule has 3 heteroatoms. The van der Waals surface area contributed by atoms with Gasteiger partial charge in [0.1, 0.15) is 5.01 Å². The van der Waals surface area contributed by atoms with Gasteiger partial charge in [0, 0.05) is 17.8 Å². The van der Waals surface area contributed by atoms with Crippen molar-refractivity contribution in [3.8, 4) is 10.7 Å². The van der Waals surface area contributed by atoms with Gasteiger partial charge in [0.25, 0.3) is 0 Å². The number of pyridine rings is 1. The van der Waals surface area contributed by atoms with Crippen LogP contribution in [-0.2, 0) is 0 Å². The summed E-state index contributed by atoms with van der Waals surface area (Å²) < 4.78 is 0. The van der Waals surface area contributed by atoms with Crippen molar-refractivity contribution < 1.29 is 0 Å². The number of nitrogens with zero attached hydrogens (tertiary/aromatic N) is 2. The Balaban J connectivity index is 2.02. The SMILES string of the molecule is [c]1cnc(-c2cccc(C3CC3)n2)s1. The Morgan fingerprint density at radius 1 is 1.36 bits per heavy atom. The first kappa shape index (κ1) is 8.12. The van der Waals surface area contributed by atoms with Crippen molar-refractivity contribution in [1.29, 1.82) is 0 Å². The summed E-state index contributed by atoms with van der Waals surface area (Å²) in [5, 5.41) is 3.95. The molecule has 2 aromatic rings. The lowest BCUT2D eigenvalue weighted by Gasteiger charge is -1.99. The van der Waals surface area contributed by atoms with Crippen molar-refractivity contribution in [1.82, 2.24) is 9.97 Å². The Bertz CT molecular complexity index is 432. The number of thiazole rings is 1. The van der Waals surface area contributed by atoms with Gasteiger partial charge in [-0.05, 0) is 25.0 Å². The van der Waals surface area contributed by atoms with Crippen LogP contribution in [0, 0.1) is 5.38 Å². The van der Waals surface area contributed by atoms with Crippen molar-refractivity contribution in [2.45, 2.75) is 18.8 Å². The maximum absolute atomic E-state index is 4.61. The van der Waals surface area contributed by atoms with Crippen LogP contribution < -0.4 is 0 Å². The first-order valence-corrected chi connectivity index (χ1v) is 5.54. The normalized spacial score (nSPS) is 15.7. The summed E-state index contributed by atoms with van der Waals surface area (Å²) in [5.41, 5.74) is 2.21. The quantitative estimate of drug-likeness (QED) is 0.746. The summed E-state index contributed by atoms with van der Waals surface area (Å²) in [4.78, 5) is 8.81. The van der Waals surface area contributed by atoms with E-state index in [0.717, 1.165) is 10.7 Å². The number of hydrogen-bond donors (Lipinski definition) is 0. The second kappa shape index (κ2) is 3.17. The van der Waals surface area contributed by atoms with Gasteiger partial charge in [-0.2, -0.15) is 0 Å². The van der Waals surface area contributed by atoms with Gasteiger partial charge in [-0.15, -0.1) is 11.3 Å². The molecular formula is C11H9N2S. The fraction of sp³-hybridized carbons (Fsp3) is 0.273. The fourth-order valence-electron chi connectivity index (χ4n) is 1.49. The predicted molar refractivity (Wildman–Crippen MR) is 56.2 cm³/mol. The predicted octanol–water partition coefficient (Wildman–Crippen LogP) is 2.88. The molecule has 0 unspecified atom stereocenters. The first-order chi connectivity index (χ1) is 6.93. The van der Waals surface area contributed by atoms with Crippen LogP contribution in [0.3, 0.4) is 0 Å². The van der Waals surface area contributed by atoms with Crippen LogP contribution in [-0.4, -0.2) is 9.97 Å². The summed E-state index contributed by atoms with van der Waals surface area (Å²) in [6, 6.07) is 6.19. The van der Waals surface area contributed by atoms with Crippen molar-refractivity contribution >= 4 is 11.3 Å². The largest absolute Gasteiger partial charge is 0.250 e. The molecule has 1 radical (unpaired) electrons. The maximum atomic E-state index is 4.61. The monoisotopic (exact) mass is 201 g/mol. The van der Waals surface area contributed by atoms with Gasteiger partial charge in [0.2, 0.25) is 0 Å². The molecule has 1 aliphatic carbocycles. The molecule has 0 N–H and O–H groups in total. The molecule has 1 saturated carbocycles. The van der Waals surface area contributed by atoms with E-state index in [2.05, 4.69) is 27.5 Å². The smallest absolute Gasteiger partial charge is 0.142 e. The zero-order chi connectivity index (χ0) is 9.38. The highest BCUT2D eigenvalue weighted by molar-refractivity contribution is 7.12. The molecule has 0 saturated heterocycles. The molecule has 3 rings (SSSR count). The molecule has 0 bridgehead atoms. The van der Waals surface area contributed by atoms with Crippen LogP contribution in [0.15, 0.2) is 24.4 Å². The molecule has 2 heterocycles. The summed E-state index contributed by atoms with van der Waals surface area (Å²) in [6.45, 7) is 0. The molecule has 69 valence electrons. The van der Waals surface area contributed by atoms with E-state index in [1.807, 2.05) is 6.07 Å². The standard InChI is InChI=1S/C11H9N2S/c1-2-9(8-4-5-8)13-10(3-1)11-12-6-7-14-11/h1-3,6,8H,4-5H2. The Morgan fingerprint density at radius 3 is 3.00 bits per heavy atom. The summed E-state index contributed by atoms with van der Waals surface area (Å²) in [6.07, 6.45) is 4.28. The van der Waals surface area contributed by atoms with Crippen molar-refractivity contribution in [2.24, 2.45) is 0 Å². The van der Waals surface area contributed by atoms with E-state index in [1.54, 1.807) is 6.20 Å². The summed E-state index contributed by atoms with van der Waals surface area (Å²) in [7, 11) is 0. The third-order valence-electron chi connectivity index (χ3n) is 2.38. The van der Waals surface area contributed by atoms with E-state index >= 15 is 0 Å². The van der Waals surface area contributed by atoms with Gasteiger partial charge in [0.05, 0.1) is 11.1 Å². The Kier molecular flexibility index (Phi) is 1.84. The molecule has 0 aliphatic heterocycles. The van der Waals surface area contributed by atoms with E-state index in [0.29, 0.717) is 5.92 Å². The van der Waals surface area contributed by atoms with Crippen molar-refractivity contribution in [3.63, 3.8) is 0 Å². The minimum atomic E-state index is 0.707. The molecule has 1 fully saturated rings. The topological polar surface area (TPSA) is 25.8 Å². The van der Waals surface area contributed by atoms with Crippen LogP contribution in [0.4, 0.5) is 0 Å². The van der Waals surface area contributed by atoms with Crippen molar-refractivity contribution in [2.75, 3.05) is 0 Å². The Hall–Kier alpha value is -1.22. The van der Waals surface area contributed by atoms with Crippen molar-refractivity contribution in [3.05, 3.63) is 35.5 Å². The van der Waals surface area contributed by atoms with E-state index in [9.17, 15) is 0 Å². The summed E-state index contributed by atoms with van der Waals surface area (Å²) >= 11 is 1.52. The Morgan fingerprint density at radius 2 is 2.29 bits per heavy atom. The Labute approximate surface area is 86.7 Å². The van der Waals surface area contributed by atoms with E-state index < -0.39 is 0 Å². The summed E-state index contributed by atoms with van der Waals surface area (Å²) in [5.74, 6) is 0.707. The highest BCUT2D eigenvalue weighted by atomic mass is 32.1. The van der Waals surface area contributed by atoms with E-state index in [1.165, 1.54) is 29.9 Å². The number of aromatic nitrogens is 2. The van der Waals surface area contributed by atoms with Gasteiger partial charge in [0.15, 0.2) is 0 Å². The van der Waals surface area contributed by atoms with Crippen LogP contribution >= 0.6 is 11.3 Å². The molecular weight excluding hydrogens is 192 g/mol. The molecule has 2 aromatic heterocycles. The van der Waals surface area contributed by atoms with Gasteiger partial charge in [-0.3, -0.25) is 4.98 Å². The third kappa shape index (κ3) is 1.44. The molecule has 0 amide bonds. The molecule has 1 aliphatic rings. The zero-order valence-electron chi connectivity index (χ0n) is 7.60. The first-order valence-electron chi connectivity index (χ1n) is 4.73. The van der Waals surface area contributed by atoms with Crippen LogP contribution in [0.25, 0.3) is 10.7 Å². The van der Waals surface area contributed by atoms with Crippen LogP contribution in [0.1, 0.15) is 24.5 Å². The minimum Gasteiger partial charge on any atom is -0.250 e. The van der Waals surface area contributed by atoms with E-state index in [-0.39, 0.29) is 0 Å². The van der Waals surface area contributed by atoms with E-state index in [4.69, 9.17) is 0 Å². The number of rotatable bonds is 2. The van der Waals surface area contributed by atoms with Crippen LogP contribution in [0.5, 0.6) is 0 Å². The fourth-order valence-corrected chi connectivity index (χ4v) is 2.03. The molecule has 14 heavy (non-hydrogen) atoms. The molecule has 0 atom stereocenters. The molecule has 0 spiro atoms. The number of hydrogen-bond acceptors (Lipinski definition) is 3. The van der Waals surface area contributed by atoms with Gasteiger partial charge in [-0.1, -0.05) is 6.07 Å². The average molecular weight is 201 g/mol. The van der Waals surface area contributed by atoms with Crippen LogP contribution in [0.2, 0.25) is 0 Å². The lowest BCUT2D eigenvalue weighted by Crippen LogP contribution is -1.88. The second-order valence-electron chi connectivity index (χ2n) is 3.51.